The highest BCUT2D eigenvalue weighted by molar-refractivity contribution is 5.78. The minimum absolute atomic E-state index is 0.0494. The van der Waals surface area contributed by atoms with E-state index in [-0.39, 0.29) is 29.7 Å². The van der Waals surface area contributed by atoms with E-state index in [0.29, 0.717) is 6.54 Å². The molecule has 1 atom stereocenters. The Balaban J connectivity index is 1.52. The molecule has 0 aliphatic carbocycles. The molecular weight excluding hydrogens is 424 g/mol. The molecule has 0 saturated carbocycles. The monoisotopic (exact) mass is 454 g/mol. The molecule has 10 nitrogen and oxygen atoms in total. The van der Waals surface area contributed by atoms with Crippen molar-refractivity contribution in [3.8, 4) is 5.75 Å². The minimum Gasteiger partial charge on any atom is -0.497 e. The number of imidazole rings is 1. The molecule has 0 bridgehead atoms. The number of aromatic nitrogens is 4. The highest BCUT2D eigenvalue weighted by Crippen LogP contribution is 2.26. The first-order valence-corrected chi connectivity index (χ1v) is 11.2. The van der Waals surface area contributed by atoms with Gasteiger partial charge in [-0.25, -0.2) is 9.78 Å². The molecule has 2 aromatic heterocycles. The average Bonchev–Trinajstić information content (AvgIpc) is 3.26. The Kier molecular flexibility index (Phi) is 6.64. The molecule has 176 valence electrons. The summed E-state index contributed by atoms with van der Waals surface area (Å²) >= 11 is 0. The summed E-state index contributed by atoms with van der Waals surface area (Å²) in [5.41, 5.74) is 0.696. The van der Waals surface area contributed by atoms with Crippen molar-refractivity contribution < 1.29 is 9.53 Å². The zero-order valence-electron chi connectivity index (χ0n) is 19.3. The number of fused-ring (bicyclic) bond motifs is 1. The molecule has 1 fully saturated rings. The van der Waals surface area contributed by atoms with Gasteiger partial charge in [-0.15, -0.1) is 0 Å². The summed E-state index contributed by atoms with van der Waals surface area (Å²) in [6.07, 6.45) is 4.94. The quantitative estimate of drug-likeness (QED) is 0.566. The zero-order valence-corrected chi connectivity index (χ0v) is 19.3. The van der Waals surface area contributed by atoms with Gasteiger partial charge in [0.2, 0.25) is 5.91 Å². The van der Waals surface area contributed by atoms with Crippen molar-refractivity contribution in [2.75, 3.05) is 26.7 Å². The number of piperidine rings is 1. The van der Waals surface area contributed by atoms with E-state index in [9.17, 15) is 14.4 Å². The van der Waals surface area contributed by atoms with E-state index in [1.165, 1.54) is 28.9 Å². The summed E-state index contributed by atoms with van der Waals surface area (Å²) in [5.74, 6) is 0.573. The Bertz CT molecular complexity index is 1250. The topological polar surface area (TPSA) is 103 Å². The van der Waals surface area contributed by atoms with Crippen molar-refractivity contribution in [3.05, 3.63) is 57.0 Å². The van der Waals surface area contributed by atoms with Crippen molar-refractivity contribution in [1.82, 2.24) is 28.9 Å². The molecule has 0 spiro atoms. The van der Waals surface area contributed by atoms with Crippen LogP contribution >= 0.6 is 0 Å². The second-order valence-corrected chi connectivity index (χ2v) is 8.44. The Hall–Kier alpha value is -3.40. The number of nitrogens with zero attached hydrogens (tertiary/aromatic N) is 5. The normalized spacial score (nSPS) is 15.5. The number of aryl methyl sites for hydroxylation is 1. The molecule has 0 unspecified atom stereocenters. The largest absolute Gasteiger partial charge is 0.497 e. The van der Waals surface area contributed by atoms with E-state index < -0.39 is 11.2 Å². The number of hydrogen-bond acceptors (Lipinski definition) is 6. The van der Waals surface area contributed by atoms with Gasteiger partial charge in [0.25, 0.3) is 5.56 Å². The first-order valence-electron chi connectivity index (χ1n) is 11.2. The number of carbonyl (C=O) groups is 1. The number of methoxy groups -OCH3 is 1. The van der Waals surface area contributed by atoms with E-state index in [1.807, 2.05) is 24.3 Å². The van der Waals surface area contributed by atoms with Crippen LogP contribution in [0, 0.1) is 0 Å². The van der Waals surface area contributed by atoms with Crippen LogP contribution < -0.4 is 21.3 Å². The standard InChI is InChI=1S/C23H30N6O4/c1-26-21-20(22(31)27(2)23(26)32)29(15-25-21)14-19(30)24-13-18(28-11-5-4-6-12-28)16-7-9-17(33-3)10-8-16/h7-10,15,18H,4-6,11-14H2,1-3H3,(H,24,30)/t18-/m1/s1. The van der Waals surface area contributed by atoms with Crippen molar-refractivity contribution in [2.45, 2.75) is 31.8 Å². The number of nitrogens with one attached hydrogen (secondary N) is 1. The van der Waals surface area contributed by atoms with Gasteiger partial charge in [-0.3, -0.25) is 23.6 Å². The van der Waals surface area contributed by atoms with Crippen molar-refractivity contribution in [2.24, 2.45) is 14.1 Å². The van der Waals surface area contributed by atoms with Crippen LogP contribution in [0.25, 0.3) is 11.2 Å². The van der Waals surface area contributed by atoms with E-state index >= 15 is 0 Å². The molecule has 3 heterocycles. The fourth-order valence-corrected chi connectivity index (χ4v) is 4.45. The fraction of sp³-hybridized carbons (Fsp3) is 0.478. The summed E-state index contributed by atoms with van der Waals surface area (Å²) < 4.78 is 9.10. The maximum atomic E-state index is 12.8. The van der Waals surface area contributed by atoms with Gasteiger partial charge < -0.3 is 14.6 Å². The predicted molar refractivity (Wildman–Crippen MR) is 124 cm³/mol. The number of amides is 1. The third-order valence-electron chi connectivity index (χ3n) is 6.36. The van der Waals surface area contributed by atoms with Crippen LogP contribution in [0.15, 0.2) is 40.2 Å². The van der Waals surface area contributed by atoms with Crippen LogP contribution in [-0.4, -0.2) is 56.2 Å². The fourth-order valence-electron chi connectivity index (χ4n) is 4.45. The van der Waals surface area contributed by atoms with Crippen molar-refractivity contribution in [3.63, 3.8) is 0 Å². The number of hydrogen-bond donors (Lipinski definition) is 1. The maximum Gasteiger partial charge on any atom is 0.332 e. The molecular formula is C23H30N6O4. The van der Waals surface area contributed by atoms with E-state index in [0.717, 1.165) is 41.8 Å². The molecule has 1 saturated heterocycles. The first-order chi connectivity index (χ1) is 15.9. The SMILES string of the molecule is COc1ccc([C@@H](CNC(=O)Cn2cnc3c2c(=O)n(C)c(=O)n3C)N2CCCCC2)cc1. The highest BCUT2D eigenvalue weighted by Gasteiger charge is 2.23. The van der Waals surface area contributed by atoms with Crippen LogP contribution in [-0.2, 0) is 25.4 Å². The number of ether oxygens (including phenoxy) is 1. The molecule has 10 heteroatoms. The van der Waals surface area contributed by atoms with Gasteiger partial charge in [-0.2, -0.15) is 0 Å². The summed E-state index contributed by atoms with van der Waals surface area (Å²) in [7, 11) is 4.61. The summed E-state index contributed by atoms with van der Waals surface area (Å²) in [4.78, 5) is 44.2. The lowest BCUT2D eigenvalue weighted by molar-refractivity contribution is -0.121. The first kappa shape index (κ1) is 22.8. The maximum absolute atomic E-state index is 12.8. The second kappa shape index (κ2) is 9.62. The van der Waals surface area contributed by atoms with Gasteiger partial charge in [0.05, 0.1) is 19.5 Å². The van der Waals surface area contributed by atoms with Gasteiger partial charge in [0.1, 0.15) is 12.3 Å². The number of benzene rings is 1. The number of carbonyl (C=O) groups excluding carboxylic acids is 1. The average molecular weight is 455 g/mol. The summed E-state index contributed by atoms with van der Waals surface area (Å²) in [6.45, 7) is 2.37. The summed E-state index contributed by atoms with van der Waals surface area (Å²) in [6, 6.07) is 8.00. The van der Waals surface area contributed by atoms with Crippen LogP contribution in [0.3, 0.4) is 0 Å². The molecule has 33 heavy (non-hydrogen) atoms. The van der Waals surface area contributed by atoms with Gasteiger partial charge in [-0.1, -0.05) is 18.6 Å². The molecule has 1 aliphatic heterocycles. The predicted octanol–water partition coefficient (Wildman–Crippen LogP) is 0.786. The van der Waals surface area contributed by atoms with Crippen LogP contribution in [0.1, 0.15) is 30.9 Å². The molecule has 0 radical (unpaired) electrons. The van der Waals surface area contributed by atoms with Crippen LogP contribution in [0.4, 0.5) is 0 Å². The number of rotatable bonds is 7. The van der Waals surface area contributed by atoms with Gasteiger partial charge in [-0.05, 0) is 43.6 Å². The van der Waals surface area contributed by atoms with Gasteiger partial charge >= 0.3 is 5.69 Å². The molecule has 1 amide bonds. The lowest BCUT2D eigenvalue weighted by Crippen LogP contribution is -2.41. The van der Waals surface area contributed by atoms with Crippen LogP contribution in [0.5, 0.6) is 5.75 Å². The van der Waals surface area contributed by atoms with Gasteiger partial charge in [0.15, 0.2) is 11.2 Å². The Morgan fingerprint density at radius 1 is 1.09 bits per heavy atom. The molecule has 4 rings (SSSR count). The zero-order chi connectivity index (χ0) is 23.5. The third kappa shape index (κ3) is 4.56. The van der Waals surface area contributed by atoms with Crippen molar-refractivity contribution in [1.29, 1.82) is 0 Å². The molecule has 1 aromatic carbocycles. The van der Waals surface area contributed by atoms with E-state index in [2.05, 4.69) is 15.2 Å². The smallest absolute Gasteiger partial charge is 0.332 e. The van der Waals surface area contributed by atoms with Crippen LogP contribution in [0.2, 0.25) is 0 Å². The lowest BCUT2D eigenvalue weighted by Gasteiger charge is -2.35. The summed E-state index contributed by atoms with van der Waals surface area (Å²) in [5, 5.41) is 3.03. The Morgan fingerprint density at radius 3 is 2.45 bits per heavy atom. The van der Waals surface area contributed by atoms with Gasteiger partial charge in [0, 0.05) is 20.6 Å². The minimum atomic E-state index is -0.470. The van der Waals surface area contributed by atoms with Crippen molar-refractivity contribution >= 4 is 17.1 Å². The van der Waals surface area contributed by atoms with E-state index in [1.54, 1.807) is 14.2 Å². The molecule has 1 N–H and O–H groups in total. The van der Waals surface area contributed by atoms with E-state index in [4.69, 9.17) is 4.74 Å². The molecule has 1 aliphatic rings. The second-order valence-electron chi connectivity index (χ2n) is 8.44. The third-order valence-corrected chi connectivity index (χ3v) is 6.36. The lowest BCUT2D eigenvalue weighted by atomic mass is 10.0. The molecule has 3 aromatic rings. The highest BCUT2D eigenvalue weighted by atomic mass is 16.5. The Morgan fingerprint density at radius 2 is 1.79 bits per heavy atom. The number of likely N-dealkylation sites (tertiary alicyclic amines) is 1. The Labute approximate surface area is 191 Å².